The van der Waals surface area contributed by atoms with Crippen LogP contribution in [0.3, 0.4) is 0 Å². The highest BCUT2D eigenvalue weighted by Crippen LogP contribution is 2.54. The Hall–Kier alpha value is -3.50. The van der Waals surface area contributed by atoms with Gasteiger partial charge < -0.3 is 29.7 Å². The predicted molar refractivity (Wildman–Crippen MR) is 161 cm³/mol. The van der Waals surface area contributed by atoms with Gasteiger partial charge in [0, 0.05) is 19.0 Å². The van der Waals surface area contributed by atoms with E-state index in [2.05, 4.69) is 5.32 Å². The lowest BCUT2D eigenvalue weighted by atomic mass is 9.77. The third kappa shape index (κ3) is 5.58. The van der Waals surface area contributed by atoms with Crippen LogP contribution in [0.1, 0.15) is 57.4 Å². The van der Waals surface area contributed by atoms with Gasteiger partial charge in [0.15, 0.2) is 0 Å². The Bertz CT molecular complexity index is 1310. The molecule has 4 heterocycles. The van der Waals surface area contributed by atoms with E-state index in [9.17, 15) is 24.3 Å². The molecule has 1 aromatic rings. The molecule has 44 heavy (non-hydrogen) atoms. The highest BCUT2D eigenvalue weighted by molar-refractivity contribution is 5.99. The summed E-state index contributed by atoms with van der Waals surface area (Å²) in [6, 6.07) is 7.89. The molecule has 1 aliphatic carbocycles. The highest BCUT2D eigenvalue weighted by atomic mass is 16.6. The van der Waals surface area contributed by atoms with Gasteiger partial charge in [0.05, 0.1) is 31.2 Å². The number of hydrogen-bond donors (Lipinski definition) is 2. The maximum Gasteiger partial charge on any atom is 0.313 e. The number of aliphatic hydroxyl groups excluding tert-OH is 1. The number of hydrogen-bond acceptors (Lipinski definition) is 7. The summed E-state index contributed by atoms with van der Waals surface area (Å²) in [6.07, 6.45) is 11.9. The maximum atomic E-state index is 14.8. The third-order valence-electron chi connectivity index (χ3n) is 9.94. The van der Waals surface area contributed by atoms with Gasteiger partial charge in [-0.15, -0.1) is 0 Å². The summed E-state index contributed by atoms with van der Waals surface area (Å²) in [5, 5.41) is 13.5. The molecule has 6 rings (SSSR count). The van der Waals surface area contributed by atoms with Crippen LogP contribution in [0.15, 0.2) is 54.6 Å². The minimum atomic E-state index is -1.42. The number of nitrogens with zero attached hydrogens (tertiary/aromatic N) is 2. The molecule has 0 unspecified atom stereocenters. The fraction of sp³-hybridized carbons (Fsp3) is 0.588. The first-order chi connectivity index (χ1) is 21.3. The van der Waals surface area contributed by atoms with Crippen molar-refractivity contribution in [3.05, 3.63) is 60.2 Å². The lowest BCUT2D eigenvalue weighted by Gasteiger charge is -2.41. The van der Waals surface area contributed by atoms with Gasteiger partial charge in [-0.05, 0) is 38.2 Å². The zero-order chi connectivity index (χ0) is 30.8. The van der Waals surface area contributed by atoms with Crippen molar-refractivity contribution in [2.75, 3.05) is 19.7 Å². The number of ether oxygens (including phenoxy) is 2. The van der Waals surface area contributed by atoms with E-state index in [0.29, 0.717) is 19.4 Å². The van der Waals surface area contributed by atoms with Crippen molar-refractivity contribution in [1.82, 2.24) is 15.1 Å². The Labute approximate surface area is 258 Å². The van der Waals surface area contributed by atoms with E-state index >= 15 is 0 Å². The summed E-state index contributed by atoms with van der Waals surface area (Å²) in [4.78, 5) is 59.0. The quantitative estimate of drug-likeness (QED) is 0.390. The molecule has 0 bridgehead atoms. The molecular weight excluding hydrogens is 562 g/mol. The predicted octanol–water partition coefficient (Wildman–Crippen LogP) is 2.30. The molecule has 2 N–H and O–H groups in total. The van der Waals surface area contributed by atoms with Crippen LogP contribution >= 0.6 is 0 Å². The number of rotatable bonds is 5. The average Bonchev–Trinajstić information content (AvgIpc) is 3.42. The monoisotopic (exact) mass is 605 g/mol. The van der Waals surface area contributed by atoms with Gasteiger partial charge in [-0.3, -0.25) is 19.2 Å². The molecule has 0 aromatic heterocycles. The molecule has 4 aliphatic heterocycles. The highest BCUT2D eigenvalue weighted by Gasteiger charge is 2.72. The van der Waals surface area contributed by atoms with Gasteiger partial charge in [0.1, 0.15) is 23.7 Å². The number of benzene rings is 1. The normalized spacial score (nSPS) is 34.5. The van der Waals surface area contributed by atoms with Crippen molar-refractivity contribution in [1.29, 1.82) is 0 Å². The third-order valence-corrected chi connectivity index (χ3v) is 9.94. The summed E-state index contributed by atoms with van der Waals surface area (Å²) >= 11 is 0. The van der Waals surface area contributed by atoms with E-state index in [1.165, 1.54) is 4.90 Å². The van der Waals surface area contributed by atoms with E-state index < -0.39 is 47.7 Å². The van der Waals surface area contributed by atoms with E-state index in [4.69, 9.17) is 9.47 Å². The SMILES string of the molecule is C[C@H]1CNC(=O)CC/C=C\[C@@H]2O[C@@]34C=CCN(C5CCCCC5)C(=O)[C@@H]3N([C@@H](CO)Cc3ccccc3)C(=O)[C@H]4[C@@H]2C(=O)O1. The van der Waals surface area contributed by atoms with Crippen LogP contribution in [0.2, 0.25) is 0 Å². The molecule has 1 spiro atoms. The van der Waals surface area contributed by atoms with Crippen molar-refractivity contribution < 1.29 is 33.8 Å². The van der Waals surface area contributed by atoms with Crippen LogP contribution in [-0.4, -0.2) is 94.2 Å². The minimum absolute atomic E-state index is 0.0547. The fourth-order valence-electron chi connectivity index (χ4n) is 7.87. The first-order valence-corrected chi connectivity index (χ1v) is 16.1. The van der Waals surface area contributed by atoms with Crippen LogP contribution < -0.4 is 5.32 Å². The molecule has 2 saturated heterocycles. The molecule has 1 aromatic carbocycles. The largest absolute Gasteiger partial charge is 0.460 e. The second-order valence-electron chi connectivity index (χ2n) is 12.8. The van der Waals surface area contributed by atoms with Gasteiger partial charge in [0.2, 0.25) is 17.7 Å². The van der Waals surface area contributed by atoms with Crippen molar-refractivity contribution in [3.8, 4) is 0 Å². The van der Waals surface area contributed by atoms with Gasteiger partial charge in [-0.1, -0.05) is 73.9 Å². The molecule has 0 radical (unpaired) electrons. The number of carbonyl (C=O) groups is 4. The topological polar surface area (TPSA) is 125 Å². The second kappa shape index (κ2) is 12.9. The summed E-state index contributed by atoms with van der Waals surface area (Å²) in [5.74, 6) is -3.36. The molecule has 7 atom stereocenters. The standard InChI is InChI=1S/C34H43N3O7/c1-22-20-35-27(39)16-9-8-15-26-28(33(42)43-22)29-31(40)37(25(21-38)19-23-11-4-2-5-12-23)30-32(41)36(24-13-6-3-7-14-24)18-10-17-34(29,30)44-26/h2,4-5,8,10-12,15,17,22,24-26,28-30,38H,3,6-7,9,13-14,16,18-21H2,1H3,(H,35,39)/b15-8-/t22-,25+,26-,28+,29+,30-,34+/m0/s1. The summed E-state index contributed by atoms with van der Waals surface area (Å²) in [7, 11) is 0. The lowest BCUT2D eigenvalue weighted by molar-refractivity contribution is -0.160. The Kier molecular flexibility index (Phi) is 8.91. The first kappa shape index (κ1) is 30.5. The van der Waals surface area contributed by atoms with Crippen molar-refractivity contribution in [2.45, 2.75) is 94.2 Å². The lowest BCUT2D eigenvalue weighted by Crippen LogP contribution is -2.60. The summed E-state index contributed by atoms with van der Waals surface area (Å²) < 4.78 is 12.6. The molecule has 236 valence electrons. The second-order valence-corrected chi connectivity index (χ2v) is 12.8. The Balaban J connectivity index is 1.43. The van der Waals surface area contributed by atoms with E-state index in [0.717, 1.165) is 37.7 Å². The van der Waals surface area contributed by atoms with Gasteiger partial charge in [-0.2, -0.15) is 0 Å². The van der Waals surface area contributed by atoms with Crippen molar-refractivity contribution in [3.63, 3.8) is 0 Å². The number of esters is 1. The van der Waals surface area contributed by atoms with Gasteiger partial charge in [0.25, 0.3) is 0 Å². The zero-order valence-corrected chi connectivity index (χ0v) is 25.3. The Morgan fingerprint density at radius 2 is 1.82 bits per heavy atom. The average molecular weight is 606 g/mol. The molecule has 10 heteroatoms. The van der Waals surface area contributed by atoms with E-state index in [1.807, 2.05) is 47.4 Å². The number of aliphatic hydroxyl groups is 1. The minimum Gasteiger partial charge on any atom is -0.460 e. The zero-order valence-electron chi connectivity index (χ0n) is 25.3. The first-order valence-electron chi connectivity index (χ1n) is 16.1. The van der Waals surface area contributed by atoms with Crippen molar-refractivity contribution in [2.24, 2.45) is 11.8 Å². The van der Waals surface area contributed by atoms with Gasteiger partial charge >= 0.3 is 5.97 Å². The molecular formula is C34H43N3O7. The summed E-state index contributed by atoms with van der Waals surface area (Å²) in [5.41, 5.74) is -0.494. The van der Waals surface area contributed by atoms with Crippen LogP contribution in [-0.2, 0) is 35.1 Å². The molecule has 10 nitrogen and oxygen atoms in total. The number of likely N-dealkylation sites (tertiary alicyclic amines) is 1. The number of allylic oxidation sites excluding steroid dienone is 1. The maximum absolute atomic E-state index is 14.8. The van der Waals surface area contributed by atoms with E-state index in [1.54, 1.807) is 19.1 Å². The van der Waals surface area contributed by atoms with Crippen LogP contribution in [0.25, 0.3) is 0 Å². The summed E-state index contributed by atoms with van der Waals surface area (Å²) in [6.45, 7) is 1.90. The molecule has 3 amide bonds. The molecule has 1 saturated carbocycles. The van der Waals surface area contributed by atoms with Crippen LogP contribution in [0.5, 0.6) is 0 Å². The number of fused-ring (bicyclic) bond motifs is 2. The smallest absolute Gasteiger partial charge is 0.313 e. The van der Waals surface area contributed by atoms with Crippen LogP contribution in [0, 0.1) is 11.8 Å². The van der Waals surface area contributed by atoms with E-state index in [-0.39, 0.29) is 43.3 Å². The fourth-order valence-corrected chi connectivity index (χ4v) is 7.87. The number of cyclic esters (lactones) is 1. The van der Waals surface area contributed by atoms with Crippen molar-refractivity contribution >= 4 is 23.7 Å². The molecule has 3 fully saturated rings. The number of nitrogens with one attached hydrogen (secondary N) is 1. The number of carbonyl (C=O) groups excluding carboxylic acids is 4. The number of amides is 3. The van der Waals surface area contributed by atoms with Gasteiger partial charge in [-0.25, -0.2) is 0 Å². The Morgan fingerprint density at radius 3 is 2.57 bits per heavy atom. The van der Waals surface area contributed by atoms with Crippen LogP contribution in [0.4, 0.5) is 0 Å². The molecule has 5 aliphatic rings. The Morgan fingerprint density at radius 1 is 1.05 bits per heavy atom.